The second kappa shape index (κ2) is 7.39. The molecule has 0 atom stereocenters. The van der Waals surface area contributed by atoms with Gasteiger partial charge >= 0.3 is 5.90 Å². The number of rotatable bonds is 2. The van der Waals surface area contributed by atoms with E-state index in [-0.39, 0.29) is 5.90 Å². The van der Waals surface area contributed by atoms with E-state index in [1.807, 2.05) is 44.2 Å². The molecule has 128 valence electrons. The monoisotopic (exact) mass is 334 g/mol. The highest BCUT2D eigenvalue weighted by molar-refractivity contribution is 5.94. The predicted molar refractivity (Wildman–Crippen MR) is 103 cm³/mol. The van der Waals surface area contributed by atoms with E-state index in [9.17, 15) is 5.11 Å². The minimum Gasteiger partial charge on any atom is -0.501 e. The maximum absolute atomic E-state index is 10.7. The van der Waals surface area contributed by atoms with Crippen molar-refractivity contribution in [3.05, 3.63) is 76.6 Å². The highest BCUT2D eigenvalue weighted by Crippen LogP contribution is 2.23. The summed E-state index contributed by atoms with van der Waals surface area (Å²) in [5.74, 6) is 0.171. The van der Waals surface area contributed by atoms with Gasteiger partial charge in [-0.3, -0.25) is 0 Å². The third kappa shape index (κ3) is 4.00. The third-order valence-corrected chi connectivity index (χ3v) is 4.40. The Morgan fingerprint density at radius 1 is 1.08 bits per heavy atom. The van der Waals surface area contributed by atoms with Crippen molar-refractivity contribution in [2.75, 3.05) is 6.61 Å². The normalized spacial score (nSPS) is 19.2. The minimum absolute atomic E-state index is 0.171. The van der Waals surface area contributed by atoms with E-state index in [4.69, 9.17) is 4.74 Å². The first-order chi connectivity index (χ1) is 12.0. The lowest BCUT2D eigenvalue weighted by Gasteiger charge is -2.05. The van der Waals surface area contributed by atoms with Gasteiger partial charge in [0.2, 0.25) is 5.69 Å². The first-order valence-electron chi connectivity index (χ1n) is 8.53. The van der Waals surface area contributed by atoms with Gasteiger partial charge in [0.15, 0.2) is 0 Å². The molecule has 0 spiro atoms. The molecule has 1 heterocycles. The minimum atomic E-state index is 0.171. The smallest absolute Gasteiger partial charge is 0.367 e. The Hall–Kier alpha value is -2.81. The van der Waals surface area contributed by atoms with Crippen molar-refractivity contribution in [2.45, 2.75) is 27.2 Å². The molecule has 0 aliphatic carbocycles. The molecule has 0 saturated heterocycles. The third-order valence-electron chi connectivity index (χ3n) is 4.40. The average Bonchev–Trinajstić information content (AvgIpc) is 2.67. The van der Waals surface area contributed by atoms with Gasteiger partial charge in [-0.15, -0.1) is 0 Å². The number of benzene rings is 2. The number of hydrogen-bond acceptors (Lipinski definition) is 1. The summed E-state index contributed by atoms with van der Waals surface area (Å²) < 4.78 is 5.64. The summed E-state index contributed by atoms with van der Waals surface area (Å²) in [7, 11) is 0. The number of aliphatic hydroxyl groups excluding tert-OH is 1. The van der Waals surface area contributed by atoms with Gasteiger partial charge in [-0.25, -0.2) is 0 Å². The standard InChI is InChI=1S/C22H23NO2/c1-15-8-9-21(16(2)12-15)23-22(24)19-10-11-25-14-17(3)20-7-5-4-6-18(20)13-19/h4-9,12-14H,10-11H2,1-3H3,(H,23,24)/p+1/b17-14+,19-13+. The Balaban J connectivity index is 2.03. The van der Waals surface area contributed by atoms with Crippen LogP contribution in [0.2, 0.25) is 0 Å². The molecular formula is C22H24NO2+. The van der Waals surface area contributed by atoms with Gasteiger partial charge in [-0.2, -0.15) is 4.99 Å². The van der Waals surface area contributed by atoms with E-state index in [0.717, 1.165) is 33.5 Å². The molecule has 2 aromatic carbocycles. The molecule has 0 aromatic heterocycles. The Kier molecular flexibility index (Phi) is 5.03. The molecule has 3 heteroatoms. The first kappa shape index (κ1) is 17.0. The fraction of sp³-hybridized carbons (Fsp3) is 0.227. The second-order valence-electron chi connectivity index (χ2n) is 6.47. The summed E-state index contributed by atoms with van der Waals surface area (Å²) in [6.07, 6.45) is 4.46. The number of nitrogens with one attached hydrogen (secondary N) is 1. The largest absolute Gasteiger partial charge is 0.501 e. The van der Waals surface area contributed by atoms with Crippen molar-refractivity contribution in [1.82, 2.24) is 0 Å². The van der Waals surface area contributed by atoms with Crippen molar-refractivity contribution in [1.29, 1.82) is 0 Å². The molecule has 25 heavy (non-hydrogen) atoms. The van der Waals surface area contributed by atoms with Gasteiger partial charge in [0.25, 0.3) is 0 Å². The van der Waals surface area contributed by atoms with E-state index >= 15 is 0 Å². The van der Waals surface area contributed by atoms with Gasteiger partial charge in [0.1, 0.15) is 0 Å². The molecule has 0 saturated carbocycles. The van der Waals surface area contributed by atoms with E-state index in [0.29, 0.717) is 13.0 Å². The van der Waals surface area contributed by atoms with Crippen LogP contribution in [0.3, 0.4) is 0 Å². The van der Waals surface area contributed by atoms with Crippen LogP contribution in [0.15, 0.2) is 54.3 Å². The Labute approximate surface area is 149 Å². The summed E-state index contributed by atoms with van der Waals surface area (Å²) in [4.78, 5) is 3.15. The van der Waals surface area contributed by atoms with E-state index in [2.05, 4.69) is 30.1 Å². The van der Waals surface area contributed by atoms with Gasteiger partial charge in [-0.1, -0.05) is 35.9 Å². The van der Waals surface area contributed by atoms with Gasteiger partial charge in [0.05, 0.1) is 18.4 Å². The lowest BCUT2D eigenvalue weighted by atomic mass is 9.99. The Morgan fingerprint density at radius 3 is 2.68 bits per heavy atom. The van der Waals surface area contributed by atoms with Crippen molar-refractivity contribution >= 4 is 23.2 Å². The quantitative estimate of drug-likeness (QED) is 0.647. The van der Waals surface area contributed by atoms with E-state index in [1.54, 1.807) is 6.26 Å². The number of hydrogen-bond donors (Lipinski definition) is 2. The highest BCUT2D eigenvalue weighted by Gasteiger charge is 2.16. The van der Waals surface area contributed by atoms with Crippen LogP contribution in [0.25, 0.3) is 11.6 Å². The molecule has 0 radical (unpaired) electrons. The van der Waals surface area contributed by atoms with Crippen LogP contribution in [0.1, 0.15) is 35.6 Å². The number of ether oxygens (including phenoxy) is 1. The molecule has 2 aromatic rings. The molecule has 1 aliphatic heterocycles. The highest BCUT2D eigenvalue weighted by atomic mass is 16.5. The van der Waals surface area contributed by atoms with Crippen LogP contribution < -0.4 is 4.99 Å². The maximum Gasteiger partial charge on any atom is 0.367 e. The fourth-order valence-corrected chi connectivity index (χ4v) is 3.01. The van der Waals surface area contributed by atoms with Crippen LogP contribution in [0.5, 0.6) is 0 Å². The van der Waals surface area contributed by atoms with Crippen molar-refractivity contribution in [3.8, 4) is 0 Å². The number of fused-ring (bicyclic) bond motifs is 1. The first-order valence-corrected chi connectivity index (χ1v) is 8.53. The van der Waals surface area contributed by atoms with Crippen LogP contribution in [-0.2, 0) is 4.74 Å². The summed E-state index contributed by atoms with van der Waals surface area (Å²) in [6.45, 7) is 6.65. The molecule has 0 unspecified atom stereocenters. The summed E-state index contributed by atoms with van der Waals surface area (Å²) in [6, 6.07) is 14.3. The molecular weight excluding hydrogens is 310 g/mol. The zero-order valence-electron chi connectivity index (χ0n) is 15.0. The number of aryl methyl sites for hydroxylation is 2. The van der Waals surface area contributed by atoms with Crippen molar-refractivity contribution in [3.63, 3.8) is 0 Å². The SMILES string of the molecule is C/C1=C\OCC/C(C(O)=[NH+]c2ccc(C)cc2C)=C\c2ccccc21. The average molecular weight is 334 g/mol. The van der Waals surface area contributed by atoms with E-state index < -0.39 is 0 Å². The van der Waals surface area contributed by atoms with Gasteiger partial charge in [0, 0.05) is 18.1 Å². The zero-order valence-corrected chi connectivity index (χ0v) is 15.0. The number of allylic oxidation sites excluding steroid dienone is 1. The van der Waals surface area contributed by atoms with Gasteiger partial charge in [-0.05, 0) is 49.6 Å². The number of aliphatic hydroxyl groups is 1. The molecule has 1 aliphatic rings. The molecule has 2 N–H and O–H groups in total. The topological polar surface area (TPSA) is 43.4 Å². The Morgan fingerprint density at radius 2 is 1.88 bits per heavy atom. The van der Waals surface area contributed by atoms with E-state index in [1.165, 1.54) is 5.56 Å². The van der Waals surface area contributed by atoms with Crippen molar-refractivity contribution < 1.29 is 14.8 Å². The summed E-state index contributed by atoms with van der Waals surface area (Å²) in [5.41, 5.74) is 7.31. The second-order valence-corrected chi connectivity index (χ2v) is 6.47. The van der Waals surface area contributed by atoms with Crippen LogP contribution in [0.4, 0.5) is 5.69 Å². The molecule has 0 fully saturated rings. The zero-order chi connectivity index (χ0) is 17.8. The summed E-state index contributed by atoms with van der Waals surface area (Å²) in [5, 5.41) is 10.7. The molecule has 3 nitrogen and oxygen atoms in total. The predicted octanol–water partition coefficient (Wildman–Crippen LogP) is 3.84. The van der Waals surface area contributed by atoms with Crippen LogP contribution >= 0.6 is 0 Å². The van der Waals surface area contributed by atoms with Crippen molar-refractivity contribution in [2.24, 2.45) is 0 Å². The fourth-order valence-electron chi connectivity index (χ4n) is 3.01. The van der Waals surface area contributed by atoms with Crippen LogP contribution in [-0.4, -0.2) is 17.6 Å². The lowest BCUT2D eigenvalue weighted by molar-refractivity contribution is -0.365. The van der Waals surface area contributed by atoms with Gasteiger partial charge < -0.3 is 9.84 Å². The summed E-state index contributed by atoms with van der Waals surface area (Å²) >= 11 is 0. The van der Waals surface area contributed by atoms with Crippen LogP contribution in [0, 0.1) is 13.8 Å². The Bertz CT molecular complexity index is 875. The molecule has 3 rings (SSSR count). The lowest BCUT2D eigenvalue weighted by Crippen LogP contribution is -2.67. The molecule has 0 bridgehead atoms. The molecule has 0 amide bonds. The maximum atomic E-state index is 10.7.